The summed E-state index contributed by atoms with van der Waals surface area (Å²) in [7, 11) is 0. The highest BCUT2D eigenvalue weighted by Gasteiger charge is 2.10. The number of rotatable bonds is 9. The third-order valence-electron chi connectivity index (χ3n) is 3.76. The molecule has 0 aliphatic carbocycles. The lowest BCUT2D eigenvalue weighted by Crippen LogP contribution is -2.26. The van der Waals surface area contributed by atoms with Crippen molar-refractivity contribution in [2.45, 2.75) is 27.2 Å². The van der Waals surface area contributed by atoms with Gasteiger partial charge >= 0.3 is 0 Å². The summed E-state index contributed by atoms with van der Waals surface area (Å²) in [6.07, 6.45) is 2.39. The average molecular weight is 330 g/mol. The number of carbonyl (C=O) groups is 1. The average Bonchev–Trinajstić information content (AvgIpc) is 2.57. The lowest BCUT2D eigenvalue weighted by molar-refractivity contribution is -0.112. The van der Waals surface area contributed by atoms with Gasteiger partial charge in [0, 0.05) is 18.4 Å². The molecule has 6 heteroatoms. The summed E-state index contributed by atoms with van der Waals surface area (Å²) >= 11 is 0. The van der Waals surface area contributed by atoms with Gasteiger partial charge in [-0.2, -0.15) is 5.26 Å². The molecule has 3 N–H and O–H groups in total. The molecule has 6 nitrogen and oxygen atoms in total. The lowest BCUT2D eigenvalue weighted by atomic mass is 10.2. The SMILES string of the molecule is CCN(CC)CCCN/C=C(/C#N)C(=O)Nc1ccc(O)cc1C. The number of amides is 1. The van der Waals surface area contributed by atoms with Gasteiger partial charge in [-0.25, -0.2) is 0 Å². The second-order valence-electron chi connectivity index (χ2n) is 5.46. The molecular formula is C18H26N4O2. The van der Waals surface area contributed by atoms with Crippen LogP contribution in [0.5, 0.6) is 5.75 Å². The number of aromatic hydroxyl groups is 1. The maximum absolute atomic E-state index is 12.1. The van der Waals surface area contributed by atoms with Crippen molar-refractivity contribution in [3.05, 3.63) is 35.5 Å². The zero-order valence-electron chi connectivity index (χ0n) is 14.6. The number of nitrogens with zero attached hydrogens (tertiary/aromatic N) is 2. The topological polar surface area (TPSA) is 88.4 Å². The molecule has 0 aliphatic rings. The third-order valence-corrected chi connectivity index (χ3v) is 3.76. The maximum Gasteiger partial charge on any atom is 0.267 e. The first-order valence-electron chi connectivity index (χ1n) is 8.18. The van der Waals surface area contributed by atoms with Crippen molar-refractivity contribution < 1.29 is 9.90 Å². The van der Waals surface area contributed by atoms with Gasteiger partial charge in [0.2, 0.25) is 0 Å². The summed E-state index contributed by atoms with van der Waals surface area (Å²) < 4.78 is 0. The molecule has 1 amide bonds. The molecule has 1 aromatic rings. The highest BCUT2D eigenvalue weighted by atomic mass is 16.3. The molecule has 130 valence electrons. The predicted molar refractivity (Wildman–Crippen MR) is 95.6 cm³/mol. The zero-order valence-corrected chi connectivity index (χ0v) is 14.6. The predicted octanol–water partition coefficient (Wildman–Crippen LogP) is 2.37. The van der Waals surface area contributed by atoms with E-state index in [2.05, 4.69) is 29.4 Å². The number of nitrogens with one attached hydrogen (secondary N) is 2. The van der Waals surface area contributed by atoms with Crippen LogP contribution in [-0.4, -0.2) is 42.1 Å². The quantitative estimate of drug-likeness (QED) is 0.280. The van der Waals surface area contributed by atoms with Gasteiger partial charge in [0.05, 0.1) is 0 Å². The van der Waals surface area contributed by atoms with Crippen LogP contribution in [-0.2, 0) is 4.79 Å². The number of nitriles is 1. The van der Waals surface area contributed by atoms with Crippen LogP contribution in [0.1, 0.15) is 25.8 Å². The number of carbonyl (C=O) groups excluding carboxylic acids is 1. The minimum atomic E-state index is -0.470. The van der Waals surface area contributed by atoms with Gasteiger partial charge in [0.15, 0.2) is 0 Å². The minimum Gasteiger partial charge on any atom is -0.508 e. The lowest BCUT2D eigenvalue weighted by Gasteiger charge is -2.17. The number of phenols is 1. The third kappa shape index (κ3) is 6.31. The fraction of sp³-hybridized carbons (Fsp3) is 0.444. The van der Waals surface area contributed by atoms with Crippen LogP contribution in [0.3, 0.4) is 0 Å². The molecule has 1 rings (SSSR count). The van der Waals surface area contributed by atoms with Crippen LogP contribution < -0.4 is 10.6 Å². The van der Waals surface area contributed by atoms with E-state index >= 15 is 0 Å². The van der Waals surface area contributed by atoms with Crippen LogP contribution in [0.4, 0.5) is 5.69 Å². The molecule has 0 bridgehead atoms. The van der Waals surface area contributed by atoms with Crippen molar-refractivity contribution in [2.24, 2.45) is 0 Å². The van der Waals surface area contributed by atoms with E-state index in [1.165, 1.54) is 12.3 Å². The summed E-state index contributed by atoms with van der Waals surface area (Å²) in [5.74, 6) is -0.334. The Bertz CT molecular complexity index is 616. The van der Waals surface area contributed by atoms with Crippen LogP contribution in [0.25, 0.3) is 0 Å². The molecule has 1 aromatic carbocycles. The highest BCUT2D eigenvalue weighted by molar-refractivity contribution is 6.06. The molecule has 0 unspecified atom stereocenters. The number of aryl methyl sites for hydroxylation is 1. The summed E-state index contributed by atoms with van der Waals surface area (Å²) in [5, 5.41) is 24.2. The Kier molecular flexibility index (Phi) is 8.37. The molecule has 0 aliphatic heterocycles. The molecule has 0 saturated carbocycles. The Morgan fingerprint density at radius 3 is 2.67 bits per heavy atom. The molecule has 24 heavy (non-hydrogen) atoms. The summed E-state index contributed by atoms with van der Waals surface area (Å²) in [5.41, 5.74) is 1.32. The van der Waals surface area contributed by atoms with Crippen molar-refractivity contribution >= 4 is 11.6 Å². The van der Waals surface area contributed by atoms with Crippen LogP contribution >= 0.6 is 0 Å². The van der Waals surface area contributed by atoms with Gasteiger partial charge in [-0.05, 0) is 56.7 Å². The molecule has 0 saturated heterocycles. The molecule has 0 heterocycles. The molecule has 0 aromatic heterocycles. The van der Waals surface area contributed by atoms with Gasteiger partial charge in [0.25, 0.3) is 5.91 Å². The smallest absolute Gasteiger partial charge is 0.267 e. The Morgan fingerprint density at radius 1 is 1.38 bits per heavy atom. The monoisotopic (exact) mass is 330 g/mol. The van der Waals surface area contributed by atoms with Crippen molar-refractivity contribution in [3.63, 3.8) is 0 Å². The van der Waals surface area contributed by atoms with E-state index in [0.717, 1.165) is 31.6 Å². The maximum atomic E-state index is 12.1. The Labute approximate surface area is 143 Å². The number of anilines is 1. The molecular weight excluding hydrogens is 304 g/mol. The number of phenolic OH excluding ortho intramolecular Hbond substituents is 1. The van der Waals surface area contributed by atoms with Crippen molar-refractivity contribution in [3.8, 4) is 11.8 Å². The van der Waals surface area contributed by atoms with E-state index in [0.29, 0.717) is 12.2 Å². The summed E-state index contributed by atoms with van der Waals surface area (Å²) in [6.45, 7) is 9.74. The van der Waals surface area contributed by atoms with Gasteiger partial charge in [-0.15, -0.1) is 0 Å². The second-order valence-corrected chi connectivity index (χ2v) is 5.46. The molecule has 0 spiro atoms. The Morgan fingerprint density at radius 2 is 2.08 bits per heavy atom. The Hall–Kier alpha value is -2.52. The van der Waals surface area contributed by atoms with Gasteiger partial charge < -0.3 is 20.6 Å². The van der Waals surface area contributed by atoms with Gasteiger partial charge in [-0.3, -0.25) is 4.79 Å². The first-order valence-corrected chi connectivity index (χ1v) is 8.18. The largest absolute Gasteiger partial charge is 0.508 e. The first-order chi connectivity index (χ1) is 11.5. The molecule has 0 radical (unpaired) electrons. The van der Waals surface area contributed by atoms with Gasteiger partial charge in [-0.1, -0.05) is 13.8 Å². The van der Waals surface area contributed by atoms with E-state index in [1.54, 1.807) is 19.1 Å². The summed E-state index contributed by atoms with van der Waals surface area (Å²) in [6, 6.07) is 6.55. The first kappa shape index (κ1) is 19.5. The fourth-order valence-electron chi connectivity index (χ4n) is 2.25. The van der Waals surface area contributed by atoms with Crippen molar-refractivity contribution in [1.82, 2.24) is 10.2 Å². The van der Waals surface area contributed by atoms with E-state index in [9.17, 15) is 9.90 Å². The van der Waals surface area contributed by atoms with Crippen molar-refractivity contribution in [2.75, 3.05) is 31.5 Å². The minimum absolute atomic E-state index is 0.0188. The standard InChI is InChI=1S/C18H26N4O2/c1-4-22(5-2)10-6-9-20-13-15(12-19)18(24)21-17-8-7-16(23)11-14(17)3/h7-8,11,13,20,23H,4-6,9-10H2,1-3H3,(H,21,24)/b15-13-. The normalized spacial score (nSPS) is 11.2. The van der Waals surface area contributed by atoms with E-state index in [1.807, 2.05) is 6.07 Å². The molecule has 0 atom stereocenters. The zero-order chi connectivity index (χ0) is 17.9. The van der Waals surface area contributed by atoms with E-state index in [-0.39, 0.29) is 11.3 Å². The number of hydrogen-bond donors (Lipinski definition) is 3. The summed E-state index contributed by atoms with van der Waals surface area (Å²) in [4.78, 5) is 14.4. The van der Waals surface area contributed by atoms with E-state index in [4.69, 9.17) is 5.26 Å². The molecule has 0 fully saturated rings. The number of benzene rings is 1. The van der Waals surface area contributed by atoms with Crippen LogP contribution in [0.2, 0.25) is 0 Å². The second kappa shape index (κ2) is 10.3. The van der Waals surface area contributed by atoms with Crippen molar-refractivity contribution in [1.29, 1.82) is 5.26 Å². The van der Waals surface area contributed by atoms with Crippen LogP contribution in [0.15, 0.2) is 30.0 Å². The fourth-order valence-corrected chi connectivity index (χ4v) is 2.25. The van der Waals surface area contributed by atoms with Gasteiger partial charge in [0.1, 0.15) is 17.4 Å². The van der Waals surface area contributed by atoms with Crippen LogP contribution in [0, 0.1) is 18.3 Å². The van der Waals surface area contributed by atoms with E-state index < -0.39 is 5.91 Å². The highest BCUT2D eigenvalue weighted by Crippen LogP contribution is 2.20. The Balaban J connectivity index is 2.52. The number of hydrogen-bond acceptors (Lipinski definition) is 5.